The van der Waals surface area contributed by atoms with Gasteiger partial charge >= 0.3 is 0 Å². The Hall–Kier alpha value is -1.06. The zero-order valence-electron chi connectivity index (χ0n) is 7.29. The van der Waals surface area contributed by atoms with Crippen molar-refractivity contribution in [1.29, 1.82) is 0 Å². The van der Waals surface area contributed by atoms with Gasteiger partial charge in [-0.15, -0.1) is 0 Å². The Bertz CT molecular complexity index is 519. The molecular weight excluding hydrogens is 223 g/mol. The van der Waals surface area contributed by atoms with Crippen LogP contribution in [-0.2, 0) is 0 Å². The number of fused-ring (bicyclic) bond motifs is 1. The maximum absolute atomic E-state index is 11.2. The summed E-state index contributed by atoms with van der Waals surface area (Å²) >= 11 is 11.7. The molecule has 0 aliphatic carbocycles. The topological polar surface area (TPSA) is 34.9 Å². The molecule has 0 atom stereocenters. The van der Waals surface area contributed by atoms with Crippen LogP contribution in [-0.4, -0.2) is 15.5 Å². The predicted molar refractivity (Wildman–Crippen MR) is 56.1 cm³/mol. The molecule has 0 saturated carbocycles. The summed E-state index contributed by atoms with van der Waals surface area (Å²) in [5.41, 5.74) is 1.22. The number of hydrogen-bond acceptors (Lipinski definition) is 2. The molecule has 5 heteroatoms. The summed E-state index contributed by atoms with van der Waals surface area (Å²) in [5.74, 6) is -0.128. The van der Waals surface area contributed by atoms with Gasteiger partial charge in [-0.1, -0.05) is 23.2 Å². The SMILES string of the molecule is CC(=O)n1cnc2cc(Cl)cc(Cl)c21. The summed E-state index contributed by atoms with van der Waals surface area (Å²) in [4.78, 5) is 15.2. The third-order valence-electron chi connectivity index (χ3n) is 1.90. The van der Waals surface area contributed by atoms with Gasteiger partial charge in [0.05, 0.1) is 16.1 Å². The molecule has 1 aromatic heterocycles. The Morgan fingerprint density at radius 3 is 2.79 bits per heavy atom. The largest absolute Gasteiger partial charge is 0.274 e. The van der Waals surface area contributed by atoms with Crippen molar-refractivity contribution in [3.63, 3.8) is 0 Å². The van der Waals surface area contributed by atoms with Crippen LogP contribution in [0.3, 0.4) is 0 Å². The fourth-order valence-electron chi connectivity index (χ4n) is 1.31. The van der Waals surface area contributed by atoms with Gasteiger partial charge in [0.1, 0.15) is 6.33 Å². The molecule has 0 radical (unpaired) electrons. The lowest BCUT2D eigenvalue weighted by Gasteiger charge is -2.00. The Morgan fingerprint density at radius 1 is 1.43 bits per heavy atom. The van der Waals surface area contributed by atoms with Crippen LogP contribution in [0.25, 0.3) is 11.0 Å². The summed E-state index contributed by atoms with van der Waals surface area (Å²) in [6.07, 6.45) is 1.44. The minimum Gasteiger partial charge on any atom is -0.274 e. The van der Waals surface area contributed by atoms with E-state index in [0.717, 1.165) is 0 Å². The number of imidazole rings is 1. The van der Waals surface area contributed by atoms with Gasteiger partial charge in [0, 0.05) is 11.9 Å². The van der Waals surface area contributed by atoms with Crippen molar-refractivity contribution < 1.29 is 4.79 Å². The maximum Gasteiger partial charge on any atom is 0.229 e. The molecule has 3 nitrogen and oxygen atoms in total. The smallest absolute Gasteiger partial charge is 0.229 e. The number of nitrogens with zero attached hydrogens (tertiary/aromatic N) is 2. The molecule has 0 amide bonds. The Labute approximate surface area is 90.2 Å². The summed E-state index contributed by atoms with van der Waals surface area (Å²) in [6.45, 7) is 1.45. The second kappa shape index (κ2) is 3.26. The first-order valence-corrected chi connectivity index (χ1v) is 4.68. The van der Waals surface area contributed by atoms with Crippen molar-refractivity contribution in [3.05, 3.63) is 28.5 Å². The third-order valence-corrected chi connectivity index (χ3v) is 2.41. The average Bonchev–Trinajstić information content (AvgIpc) is 2.47. The van der Waals surface area contributed by atoms with E-state index in [2.05, 4.69) is 4.98 Å². The molecule has 0 spiro atoms. The fourth-order valence-corrected chi connectivity index (χ4v) is 1.88. The van der Waals surface area contributed by atoms with Crippen LogP contribution in [0.5, 0.6) is 0 Å². The average molecular weight is 229 g/mol. The van der Waals surface area contributed by atoms with Gasteiger partial charge in [-0.2, -0.15) is 0 Å². The molecule has 0 bridgehead atoms. The lowest BCUT2D eigenvalue weighted by atomic mass is 10.3. The van der Waals surface area contributed by atoms with Gasteiger partial charge in [-0.05, 0) is 12.1 Å². The first-order valence-electron chi connectivity index (χ1n) is 3.92. The van der Waals surface area contributed by atoms with Crippen LogP contribution in [0, 0.1) is 0 Å². The number of hydrogen-bond donors (Lipinski definition) is 0. The molecule has 14 heavy (non-hydrogen) atoms. The molecular formula is C9H6Cl2N2O. The lowest BCUT2D eigenvalue weighted by Crippen LogP contribution is -2.03. The first kappa shape index (κ1) is 9.49. The highest BCUT2D eigenvalue weighted by Gasteiger charge is 2.10. The Morgan fingerprint density at radius 2 is 2.14 bits per heavy atom. The summed E-state index contributed by atoms with van der Waals surface area (Å²) in [6, 6.07) is 3.26. The van der Waals surface area contributed by atoms with Gasteiger partial charge in [-0.3, -0.25) is 9.36 Å². The molecule has 0 unspecified atom stereocenters. The molecule has 1 heterocycles. The molecule has 0 aliphatic heterocycles. The molecule has 2 aromatic rings. The van der Waals surface area contributed by atoms with E-state index in [1.807, 2.05) is 0 Å². The summed E-state index contributed by atoms with van der Waals surface area (Å²) in [5, 5.41) is 0.941. The van der Waals surface area contributed by atoms with Crippen molar-refractivity contribution in [2.24, 2.45) is 0 Å². The number of halogens is 2. The highest BCUT2D eigenvalue weighted by atomic mass is 35.5. The molecule has 0 N–H and O–H groups in total. The number of benzene rings is 1. The van der Waals surface area contributed by atoms with Crippen LogP contribution in [0.1, 0.15) is 11.7 Å². The zero-order chi connectivity index (χ0) is 10.3. The van der Waals surface area contributed by atoms with E-state index < -0.39 is 0 Å². The summed E-state index contributed by atoms with van der Waals surface area (Å²) in [7, 11) is 0. The molecule has 1 aromatic carbocycles. The van der Waals surface area contributed by atoms with E-state index in [-0.39, 0.29) is 5.91 Å². The highest BCUT2D eigenvalue weighted by Crippen LogP contribution is 2.26. The van der Waals surface area contributed by atoms with Crippen molar-refractivity contribution in [2.75, 3.05) is 0 Å². The predicted octanol–water partition coefficient (Wildman–Crippen LogP) is 3.00. The standard InChI is InChI=1S/C9H6Cl2N2O/c1-5(14)13-4-12-8-3-6(10)2-7(11)9(8)13/h2-4H,1H3. The number of carbonyl (C=O) groups excluding carboxylic acids is 1. The second-order valence-corrected chi connectivity index (χ2v) is 3.73. The number of carbonyl (C=O) groups is 1. The van der Waals surface area contributed by atoms with Crippen molar-refractivity contribution >= 4 is 40.1 Å². The van der Waals surface area contributed by atoms with E-state index in [0.29, 0.717) is 21.1 Å². The van der Waals surface area contributed by atoms with Gasteiger partial charge in [0.15, 0.2) is 0 Å². The third kappa shape index (κ3) is 1.38. The zero-order valence-corrected chi connectivity index (χ0v) is 8.80. The minimum atomic E-state index is -0.128. The quantitative estimate of drug-likeness (QED) is 0.695. The van der Waals surface area contributed by atoms with Gasteiger partial charge in [0.25, 0.3) is 0 Å². The van der Waals surface area contributed by atoms with E-state index >= 15 is 0 Å². The Balaban J connectivity index is 2.85. The van der Waals surface area contributed by atoms with E-state index in [1.165, 1.54) is 17.8 Å². The summed E-state index contributed by atoms with van der Waals surface area (Å²) < 4.78 is 1.40. The second-order valence-electron chi connectivity index (χ2n) is 2.89. The van der Waals surface area contributed by atoms with Gasteiger partial charge in [-0.25, -0.2) is 4.98 Å². The van der Waals surface area contributed by atoms with E-state index in [1.54, 1.807) is 12.1 Å². The normalized spacial score (nSPS) is 10.8. The maximum atomic E-state index is 11.2. The number of rotatable bonds is 0. The first-order chi connectivity index (χ1) is 6.59. The lowest BCUT2D eigenvalue weighted by molar-refractivity contribution is 0.0941. The monoisotopic (exact) mass is 228 g/mol. The van der Waals surface area contributed by atoms with Crippen molar-refractivity contribution in [1.82, 2.24) is 9.55 Å². The van der Waals surface area contributed by atoms with Crippen LogP contribution in [0.2, 0.25) is 10.0 Å². The molecule has 72 valence electrons. The van der Waals surface area contributed by atoms with Crippen LogP contribution in [0.15, 0.2) is 18.5 Å². The van der Waals surface area contributed by atoms with Crippen LogP contribution in [0.4, 0.5) is 0 Å². The van der Waals surface area contributed by atoms with Gasteiger partial charge in [0.2, 0.25) is 5.91 Å². The van der Waals surface area contributed by atoms with Crippen LogP contribution < -0.4 is 0 Å². The minimum absolute atomic E-state index is 0.128. The van der Waals surface area contributed by atoms with Crippen molar-refractivity contribution in [3.8, 4) is 0 Å². The van der Waals surface area contributed by atoms with Crippen molar-refractivity contribution in [2.45, 2.75) is 6.92 Å². The molecule has 0 fully saturated rings. The van der Waals surface area contributed by atoms with E-state index in [4.69, 9.17) is 23.2 Å². The highest BCUT2D eigenvalue weighted by molar-refractivity contribution is 6.38. The fraction of sp³-hybridized carbons (Fsp3) is 0.111. The van der Waals surface area contributed by atoms with Gasteiger partial charge < -0.3 is 0 Å². The molecule has 0 aliphatic rings. The number of aromatic nitrogens is 2. The molecule has 0 saturated heterocycles. The Kier molecular flexibility index (Phi) is 2.21. The molecule has 2 rings (SSSR count). The van der Waals surface area contributed by atoms with E-state index in [9.17, 15) is 4.79 Å². The van der Waals surface area contributed by atoms with Crippen LogP contribution >= 0.6 is 23.2 Å².